The molecule has 0 bridgehead atoms. The number of aromatic nitrogens is 3. The molecule has 0 saturated carbocycles. The van der Waals surface area contributed by atoms with E-state index in [0.717, 1.165) is 5.56 Å². The number of hydrogen-bond acceptors (Lipinski definition) is 4. The molecule has 2 heterocycles. The molecule has 2 aromatic heterocycles. The quantitative estimate of drug-likeness (QED) is 0.662. The highest BCUT2D eigenvalue weighted by atomic mass is 16.1. The molecule has 0 N–H and O–H groups in total. The van der Waals surface area contributed by atoms with Crippen LogP contribution in [0, 0.1) is 0 Å². The van der Waals surface area contributed by atoms with Gasteiger partial charge in [0.15, 0.2) is 12.1 Å². The minimum Gasteiger partial charge on any atom is -0.294 e. The molecule has 14 heavy (non-hydrogen) atoms. The smallest absolute Gasteiger partial charge is 0.193 e. The van der Waals surface area contributed by atoms with E-state index in [1.165, 1.54) is 0 Å². The average molecular weight is 185 g/mol. The van der Waals surface area contributed by atoms with Crippen LogP contribution in [0.25, 0.3) is 11.3 Å². The lowest BCUT2D eigenvalue weighted by molar-refractivity contribution is 0.111. The Balaban J connectivity index is 2.47. The summed E-state index contributed by atoms with van der Waals surface area (Å²) in [6.07, 6.45) is 5.56. The number of aldehydes is 1. The van der Waals surface area contributed by atoms with Crippen molar-refractivity contribution in [1.82, 2.24) is 15.0 Å². The Bertz CT molecular complexity index is 442. The third-order valence-electron chi connectivity index (χ3n) is 1.74. The topological polar surface area (TPSA) is 55.7 Å². The number of hydrogen-bond donors (Lipinski definition) is 0. The van der Waals surface area contributed by atoms with E-state index in [1.807, 2.05) is 12.1 Å². The van der Waals surface area contributed by atoms with Crippen molar-refractivity contribution >= 4 is 6.29 Å². The number of pyridine rings is 1. The SMILES string of the molecule is O=Cc1nccc(-c2cccnc2)n1. The fourth-order valence-electron chi connectivity index (χ4n) is 1.11. The summed E-state index contributed by atoms with van der Waals surface area (Å²) in [4.78, 5) is 22.2. The van der Waals surface area contributed by atoms with Crippen LogP contribution >= 0.6 is 0 Å². The van der Waals surface area contributed by atoms with Gasteiger partial charge < -0.3 is 0 Å². The third-order valence-corrected chi connectivity index (χ3v) is 1.74. The standard InChI is InChI=1S/C10H7N3O/c14-7-10-12-5-3-9(13-10)8-2-1-4-11-6-8/h1-7H. The lowest BCUT2D eigenvalue weighted by atomic mass is 10.2. The summed E-state index contributed by atoms with van der Waals surface area (Å²) in [5.41, 5.74) is 1.58. The Labute approximate surface area is 80.7 Å². The molecule has 0 radical (unpaired) electrons. The predicted octanol–water partition coefficient (Wildman–Crippen LogP) is 1.35. The fraction of sp³-hybridized carbons (Fsp3) is 0. The van der Waals surface area contributed by atoms with Gasteiger partial charge in [-0.05, 0) is 18.2 Å². The summed E-state index contributed by atoms with van der Waals surface area (Å²) in [5.74, 6) is 0.186. The summed E-state index contributed by atoms with van der Waals surface area (Å²) in [5, 5.41) is 0. The van der Waals surface area contributed by atoms with Crippen molar-refractivity contribution in [3.05, 3.63) is 42.6 Å². The first-order valence-corrected chi connectivity index (χ1v) is 4.09. The van der Waals surface area contributed by atoms with Crippen LogP contribution in [-0.4, -0.2) is 21.2 Å². The van der Waals surface area contributed by atoms with Gasteiger partial charge in [-0.1, -0.05) is 0 Å². The maximum absolute atomic E-state index is 10.4. The molecule has 0 aliphatic heterocycles. The van der Waals surface area contributed by atoms with Crippen molar-refractivity contribution in [2.75, 3.05) is 0 Å². The van der Waals surface area contributed by atoms with Gasteiger partial charge in [-0.3, -0.25) is 9.78 Å². The molecule has 0 amide bonds. The van der Waals surface area contributed by atoms with E-state index in [-0.39, 0.29) is 5.82 Å². The van der Waals surface area contributed by atoms with Crippen LogP contribution in [0.5, 0.6) is 0 Å². The Morgan fingerprint density at radius 2 is 2.14 bits per heavy atom. The van der Waals surface area contributed by atoms with Crippen molar-refractivity contribution in [3.63, 3.8) is 0 Å². The number of rotatable bonds is 2. The molecule has 4 nitrogen and oxygen atoms in total. The van der Waals surface area contributed by atoms with Crippen molar-refractivity contribution in [2.24, 2.45) is 0 Å². The van der Waals surface area contributed by atoms with Gasteiger partial charge in [0.2, 0.25) is 0 Å². The molecule has 4 heteroatoms. The van der Waals surface area contributed by atoms with Crippen LogP contribution in [-0.2, 0) is 0 Å². The number of carbonyl (C=O) groups excluding carboxylic acids is 1. The summed E-state index contributed by atoms with van der Waals surface area (Å²) in [7, 11) is 0. The second-order valence-corrected chi connectivity index (χ2v) is 2.66. The summed E-state index contributed by atoms with van der Waals surface area (Å²) >= 11 is 0. The number of nitrogens with zero attached hydrogens (tertiary/aromatic N) is 3. The van der Waals surface area contributed by atoms with Crippen LogP contribution < -0.4 is 0 Å². The van der Waals surface area contributed by atoms with E-state index in [4.69, 9.17) is 0 Å². The molecule has 0 atom stereocenters. The van der Waals surface area contributed by atoms with Gasteiger partial charge in [0.1, 0.15) is 0 Å². The maximum atomic E-state index is 10.4. The second kappa shape index (κ2) is 3.74. The van der Waals surface area contributed by atoms with Gasteiger partial charge in [0.25, 0.3) is 0 Å². The summed E-state index contributed by atoms with van der Waals surface area (Å²) < 4.78 is 0. The Morgan fingerprint density at radius 3 is 2.86 bits per heavy atom. The van der Waals surface area contributed by atoms with E-state index in [1.54, 1.807) is 24.7 Å². The van der Waals surface area contributed by atoms with Gasteiger partial charge in [0.05, 0.1) is 5.69 Å². The lowest BCUT2D eigenvalue weighted by Gasteiger charge is -1.98. The van der Waals surface area contributed by atoms with Crippen LogP contribution in [0.4, 0.5) is 0 Å². The van der Waals surface area contributed by atoms with E-state index in [2.05, 4.69) is 15.0 Å². The minimum atomic E-state index is 0.186. The molecule has 0 aliphatic rings. The maximum Gasteiger partial charge on any atom is 0.193 e. The average Bonchev–Trinajstić information content (AvgIpc) is 2.30. The van der Waals surface area contributed by atoms with Gasteiger partial charge in [-0.25, -0.2) is 9.97 Å². The zero-order valence-corrected chi connectivity index (χ0v) is 7.29. The van der Waals surface area contributed by atoms with Crippen LogP contribution in [0.2, 0.25) is 0 Å². The molecular weight excluding hydrogens is 178 g/mol. The molecule has 0 saturated heterocycles. The van der Waals surface area contributed by atoms with Crippen molar-refractivity contribution in [3.8, 4) is 11.3 Å². The highest BCUT2D eigenvalue weighted by molar-refractivity contribution is 5.70. The molecule has 0 aliphatic carbocycles. The van der Waals surface area contributed by atoms with Crippen molar-refractivity contribution in [2.45, 2.75) is 0 Å². The third kappa shape index (κ3) is 1.64. The first kappa shape index (κ1) is 8.50. The highest BCUT2D eigenvalue weighted by Crippen LogP contribution is 2.13. The monoisotopic (exact) mass is 185 g/mol. The van der Waals surface area contributed by atoms with Gasteiger partial charge >= 0.3 is 0 Å². The van der Waals surface area contributed by atoms with Gasteiger partial charge in [-0.15, -0.1) is 0 Å². The van der Waals surface area contributed by atoms with Gasteiger partial charge in [-0.2, -0.15) is 0 Å². The zero-order valence-electron chi connectivity index (χ0n) is 7.29. The molecule has 0 unspecified atom stereocenters. The molecule has 2 aromatic rings. The van der Waals surface area contributed by atoms with Gasteiger partial charge in [0, 0.05) is 24.2 Å². The van der Waals surface area contributed by atoms with Crippen LogP contribution in [0.3, 0.4) is 0 Å². The fourth-order valence-corrected chi connectivity index (χ4v) is 1.11. The molecular formula is C10H7N3O. The van der Waals surface area contributed by atoms with E-state index >= 15 is 0 Å². The van der Waals surface area contributed by atoms with Crippen LogP contribution in [0.15, 0.2) is 36.8 Å². The molecule has 0 spiro atoms. The van der Waals surface area contributed by atoms with Crippen LogP contribution in [0.1, 0.15) is 10.6 Å². The molecule has 0 aromatic carbocycles. The zero-order chi connectivity index (χ0) is 9.80. The Hall–Kier alpha value is -2.10. The Morgan fingerprint density at radius 1 is 1.21 bits per heavy atom. The largest absolute Gasteiger partial charge is 0.294 e. The highest BCUT2D eigenvalue weighted by Gasteiger charge is 2.00. The first-order valence-electron chi connectivity index (χ1n) is 4.09. The normalized spacial score (nSPS) is 9.71. The lowest BCUT2D eigenvalue weighted by Crippen LogP contribution is -1.93. The second-order valence-electron chi connectivity index (χ2n) is 2.66. The number of carbonyl (C=O) groups is 1. The van der Waals surface area contributed by atoms with E-state index in [0.29, 0.717) is 12.0 Å². The van der Waals surface area contributed by atoms with Crippen molar-refractivity contribution < 1.29 is 4.79 Å². The molecule has 0 fully saturated rings. The first-order chi connectivity index (χ1) is 6.90. The van der Waals surface area contributed by atoms with E-state index in [9.17, 15) is 4.79 Å². The minimum absolute atomic E-state index is 0.186. The molecule has 68 valence electrons. The van der Waals surface area contributed by atoms with Crippen molar-refractivity contribution in [1.29, 1.82) is 0 Å². The van der Waals surface area contributed by atoms with E-state index < -0.39 is 0 Å². The predicted molar refractivity (Wildman–Crippen MR) is 50.7 cm³/mol. The Kier molecular flexibility index (Phi) is 2.27. The summed E-state index contributed by atoms with van der Waals surface area (Å²) in [6, 6.07) is 5.44. The molecule has 2 rings (SSSR count). The summed E-state index contributed by atoms with van der Waals surface area (Å²) in [6.45, 7) is 0.